The highest BCUT2D eigenvalue weighted by atomic mass is 32.2. The van der Waals surface area contributed by atoms with Gasteiger partial charge in [0.25, 0.3) is 0 Å². The van der Waals surface area contributed by atoms with Crippen molar-refractivity contribution in [2.45, 2.75) is 4.90 Å². The number of hydrogen-bond acceptors (Lipinski definition) is 3. The van der Waals surface area contributed by atoms with E-state index in [-0.39, 0.29) is 0 Å². The van der Waals surface area contributed by atoms with Gasteiger partial charge in [0.1, 0.15) is 0 Å². The lowest BCUT2D eigenvalue weighted by molar-refractivity contribution is 0.689. The van der Waals surface area contributed by atoms with Crippen LogP contribution in [0.4, 0.5) is 5.69 Å². The first-order valence-corrected chi connectivity index (χ1v) is 5.99. The maximum absolute atomic E-state index is 11.6. The van der Waals surface area contributed by atoms with Crippen molar-refractivity contribution in [1.82, 2.24) is 5.43 Å². The lowest BCUT2D eigenvalue weighted by Crippen LogP contribution is -2.21. The first kappa shape index (κ1) is 8.88. The molecule has 1 aromatic rings. The van der Waals surface area contributed by atoms with Crippen LogP contribution in [0.1, 0.15) is 11.1 Å². The van der Waals surface area contributed by atoms with Gasteiger partial charge in [0.2, 0.25) is 0 Å². The summed E-state index contributed by atoms with van der Waals surface area (Å²) >= 11 is 0. The van der Waals surface area contributed by atoms with E-state index in [0.717, 1.165) is 28.3 Å². The second-order valence-electron chi connectivity index (χ2n) is 3.45. The maximum atomic E-state index is 11.6. The predicted octanol–water partition coefficient (Wildman–Crippen LogP) is 1.72. The van der Waals surface area contributed by atoms with Gasteiger partial charge in [0, 0.05) is 17.5 Å². The summed E-state index contributed by atoms with van der Waals surface area (Å²) in [5.74, 6) is 0. The van der Waals surface area contributed by atoms with Crippen LogP contribution in [0.25, 0.3) is 12.2 Å². The summed E-state index contributed by atoms with van der Waals surface area (Å²) < 4.78 is 11.6. The molecule has 0 saturated carbocycles. The first-order valence-electron chi connectivity index (χ1n) is 4.77. The van der Waals surface area contributed by atoms with Crippen LogP contribution in [0, 0.1) is 0 Å². The fraction of sp³-hybridized carbons (Fsp3) is 0.0909. The topological polar surface area (TPSA) is 41.1 Å². The highest BCUT2D eigenvalue weighted by Gasteiger charge is 2.18. The van der Waals surface area contributed by atoms with Crippen LogP contribution in [0.2, 0.25) is 0 Å². The van der Waals surface area contributed by atoms with E-state index in [1.165, 1.54) is 0 Å². The van der Waals surface area contributed by atoms with Gasteiger partial charge < -0.3 is 5.43 Å². The Kier molecular flexibility index (Phi) is 1.97. The molecule has 2 heterocycles. The summed E-state index contributed by atoms with van der Waals surface area (Å²) in [7, 11) is -0.974. The van der Waals surface area contributed by atoms with E-state index in [1.807, 2.05) is 18.2 Å². The maximum Gasteiger partial charge on any atom is 0.0783 e. The minimum absolute atomic E-state index is 0.788. The smallest absolute Gasteiger partial charge is 0.0783 e. The quantitative estimate of drug-likeness (QED) is 0.696. The number of nitrogens with one attached hydrogen (secondary N) is 2. The molecular formula is C11H10N2OS. The molecule has 2 aliphatic heterocycles. The molecule has 0 fully saturated rings. The van der Waals surface area contributed by atoms with Crippen molar-refractivity contribution in [3.63, 3.8) is 0 Å². The number of benzene rings is 1. The largest absolute Gasteiger partial charge is 0.320 e. The number of hydrazine groups is 1. The molecular weight excluding hydrogens is 208 g/mol. The number of anilines is 1. The van der Waals surface area contributed by atoms with Gasteiger partial charge in [-0.15, -0.1) is 0 Å². The zero-order chi connectivity index (χ0) is 10.3. The van der Waals surface area contributed by atoms with Crippen molar-refractivity contribution in [3.8, 4) is 0 Å². The minimum atomic E-state index is -0.974. The van der Waals surface area contributed by atoms with Crippen molar-refractivity contribution in [2.75, 3.05) is 12.0 Å². The molecule has 0 radical (unpaired) electrons. The van der Waals surface area contributed by atoms with Gasteiger partial charge in [-0.3, -0.25) is 0 Å². The third kappa shape index (κ3) is 1.33. The molecule has 0 aromatic heterocycles. The molecule has 0 bridgehead atoms. The highest BCUT2D eigenvalue weighted by Crippen LogP contribution is 2.33. The third-order valence-corrected chi connectivity index (χ3v) is 3.72. The number of rotatable bonds is 0. The van der Waals surface area contributed by atoms with Crippen LogP contribution in [0.3, 0.4) is 0 Å². The molecule has 4 heteroatoms. The van der Waals surface area contributed by atoms with Crippen molar-refractivity contribution < 1.29 is 4.21 Å². The van der Waals surface area contributed by atoms with Crippen LogP contribution in [-0.4, -0.2) is 10.8 Å². The van der Waals surface area contributed by atoms with E-state index >= 15 is 0 Å². The fourth-order valence-corrected chi connectivity index (χ4v) is 2.82. The van der Waals surface area contributed by atoms with Crippen molar-refractivity contribution in [2.24, 2.45) is 0 Å². The fourth-order valence-electron chi connectivity index (χ4n) is 1.82. The molecule has 1 atom stereocenters. The van der Waals surface area contributed by atoms with Gasteiger partial charge in [-0.1, -0.05) is 18.2 Å². The molecule has 2 N–H and O–H groups in total. The molecule has 0 aliphatic carbocycles. The van der Waals surface area contributed by atoms with E-state index in [2.05, 4.69) is 23.0 Å². The average Bonchev–Trinajstić information content (AvgIpc) is 2.51. The van der Waals surface area contributed by atoms with Gasteiger partial charge in [-0.2, -0.15) is 0 Å². The SMILES string of the molecule is O=S1C=Cc2c1ccc1c2NNCC=C1. The molecule has 1 unspecified atom stereocenters. The first-order chi connectivity index (χ1) is 7.36. The van der Waals surface area contributed by atoms with E-state index in [0.29, 0.717) is 0 Å². The second kappa shape index (κ2) is 3.32. The molecule has 1 aromatic carbocycles. The van der Waals surface area contributed by atoms with Gasteiger partial charge >= 0.3 is 0 Å². The van der Waals surface area contributed by atoms with E-state index < -0.39 is 10.8 Å². The summed E-state index contributed by atoms with van der Waals surface area (Å²) in [5.41, 5.74) is 9.40. The molecule has 76 valence electrons. The summed E-state index contributed by atoms with van der Waals surface area (Å²) in [6.07, 6.45) is 6.04. The molecule has 15 heavy (non-hydrogen) atoms. The molecule has 2 aliphatic rings. The molecule has 3 nitrogen and oxygen atoms in total. The Morgan fingerprint density at radius 3 is 3.13 bits per heavy atom. The third-order valence-electron chi connectivity index (χ3n) is 2.54. The van der Waals surface area contributed by atoms with Crippen molar-refractivity contribution in [3.05, 3.63) is 34.7 Å². The van der Waals surface area contributed by atoms with Gasteiger partial charge in [0.15, 0.2) is 0 Å². The van der Waals surface area contributed by atoms with Crippen LogP contribution >= 0.6 is 0 Å². The van der Waals surface area contributed by atoms with Crippen molar-refractivity contribution >= 4 is 28.6 Å². The monoisotopic (exact) mass is 218 g/mol. The van der Waals surface area contributed by atoms with E-state index in [4.69, 9.17) is 0 Å². The van der Waals surface area contributed by atoms with Crippen LogP contribution in [0.5, 0.6) is 0 Å². The lowest BCUT2D eigenvalue weighted by atomic mass is 10.1. The Labute approximate surface area is 90.3 Å². The van der Waals surface area contributed by atoms with Crippen molar-refractivity contribution in [1.29, 1.82) is 0 Å². The van der Waals surface area contributed by atoms with Crippen LogP contribution in [0.15, 0.2) is 28.5 Å². The predicted molar refractivity (Wildman–Crippen MR) is 62.5 cm³/mol. The Bertz CT molecular complexity index is 506. The zero-order valence-electron chi connectivity index (χ0n) is 7.99. The lowest BCUT2D eigenvalue weighted by Gasteiger charge is -2.11. The van der Waals surface area contributed by atoms with E-state index in [9.17, 15) is 4.21 Å². The summed E-state index contributed by atoms with van der Waals surface area (Å²) in [6.45, 7) is 0.788. The van der Waals surface area contributed by atoms with E-state index in [1.54, 1.807) is 5.41 Å². The minimum Gasteiger partial charge on any atom is -0.320 e. The average molecular weight is 218 g/mol. The van der Waals surface area contributed by atoms with Gasteiger partial charge in [-0.25, -0.2) is 9.63 Å². The molecule has 3 rings (SSSR count). The Hall–Kier alpha value is -1.39. The number of hydrogen-bond donors (Lipinski definition) is 2. The van der Waals surface area contributed by atoms with Crippen LogP contribution in [-0.2, 0) is 10.8 Å². The zero-order valence-corrected chi connectivity index (χ0v) is 8.80. The molecule has 0 spiro atoms. The summed E-state index contributed by atoms with van der Waals surface area (Å²) in [4.78, 5) is 0.887. The summed E-state index contributed by atoms with van der Waals surface area (Å²) in [6, 6.07) is 3.93. The number of fused-ring (bicyclic) bond motifs is 3. The summed E-state index contributed by atoms with van der Waals surface area (Å²) in [5, 5.41) is 1.72. The second-order valence-corrected chi connectivity index (χ2v) is 4.76. The van der Waals surface area contributed by atoms with Gasteiger partial charge in [0.05, 0.1) is 21.4 Å². The Balaban J connectivity index is 2.25. The van der Waals surface area contributed by atoms with Crippen LogP contribution < -0.4 is 10.9 Å². The molecule has 0 amide bonds. The standard InChI is InChI=1S/C11H10N2OS/c14-15-7-5-9-10(15)4-3-8-2-1-6-12-13-11(8)9/h1-5,7,12-13H,6H2. The highest BCUT2D eigenvalue weighted by molar-refractivity contribution is 7.88. The normalized spacial score (nSPS) is 21.7. The Morgan fingerprint density at radius 2 is 2.20 bits per heavy atom. The van der Waals surface area contributed by atoms with Gasteiger partial charge in [-0.05, 0) is 17.7 Å². The Morgan fingerprint density at radius 1 is 1.27 bits per heavy atom. The molecule has 0 saturated heterocycles.